The van der Waals surface area contributed by atoms with Gasteiger partial charge in [0.05, 0.1) is 11.7 Å². The van der Waals surface area contributed by atoms with E-state index >= 15 is 0 Å². The molecule has 7 nitrogen and oxygen atoms in total. The Morgan fingerprint density at radius 2 is 2.09 bits per heavy atom. The Labute approximate surface area is 134 Å². The lowest BCUT2D eigenvalue weighted by atomic mass is 10.1. The number of aromatic nitrogens is 4. The van der Waals surface area contributed by atoms with Crippen LogP contribution in [0.1, 0.15) is 45.9 Å². The zero-order valence-corrected chi connectivity index (χ0v) is 14.1. The molecule has 3 rings (SSSR count). The smallest absolute Gasteiger partial charge is 0.264 e. The fourth-order valence-electron chi connectivity index (χ4n) is 2.60. The highest BCUT2D eigenvalue weighted by Crippen LogP contribution is 2.19. The van der Waals surface area contributed by atoms with E-state index in [9.17, 15) is 9.59 Å². The maximum absolute atomic E-state index is 12.7. The van der Waals surface area contributed by atoms with Crippen molar-refractivity contribution in [1.82, 2.24) is 24.6 Å². The second kappa shape index (κ2) is 5.47. The van der Waals surface area contributed by atoms with E-state index < -0.39 is 0 Å². The summed E-state index contributed by atoms with van der Waals surface area (Å²) in [4.78, 5) is 29.0. The Morgan fingerprint density at radius 3 is 2.70 bits per heavy atom. The molecule has 2 aromatic rings. The average molecular weight is 317 g/mol. The van der Waals surface area contributed by atoms with E-state index in [1.54, 1.807) is 22.4 Å². The van der Waals surface area contributed by atoms with E-state index in [1.807, 2.05) is 20.8 Å². The molecule has 2 aromatic heterocycles. The van der Waals surface area contributed by atoms with Crippen LogP contribution in [-0.2, 0) is 16.9 Å². The quantitative estimate of drug-likeness (QED) is 0.922. The molecule has 1 saturated carbocycles. The van der Waals surface area contributed by atoms with Crippen LogP contribution in [0.5, 0.6) is 0 Å². The molecule has 1 aliphatic rings. The Hall–Kier alpha value is -2.18. The predicted molar refractivity (Wildman–Crippen MR) is 87.3 cm³/mol. The van der Waals surface area contributed by atoms with Crippen molar-refractivity contribution >= 4 is 16.9 Å². The molecule has 0 aliphatic heterocycles. The number of amides is 1. The summed E-state index contributed by atoms with van der Waals surface area (Å²) in [6, 6.07) is 0.339. The van der Waals surface area contributed by atoms with Crippen molar-refractivity contribution in [3.8, 4) is 0 Å². The SMILES string of the molecule is Cc1nc2c(cnn2C(C)(C)C)c(=O)n1CCC(=O)NC1CC1. The van der Waals surface area contributed by atoms with Crippen molar-refractivity contribution in [1.29, 1.82) is 0 Å². The van der Waals surface area contributed by atoms with Gasteiger partial charge in [-0.3, -0.25) is 14.2 Å². The van der Waals surface area contributed by atoms with Gasteiger partial charge in [-0.25, -0.2) is 9.67 Å². The van der Waals surface area contributed by atoms with Gasteiger partial charge in [0, 0.05) is 19.0 Å². The molecule has 0 radical (unpaired) electrons. The summed E-state index contributed by atoms with van der Waals surface area (Å²) >= 11 is 0. The third kappa shape index (κ3) is 3.13. The fourth-order valence-corrected chi connectivity index (χ4v) is 2.60. The van der Waals surface area contributed by atoms with E-state index in [0.717, 1.165) is 12.8 Å². The molecule has 0 unspecified atom stereocenters. The Balaban J connectivity index is 1.89. The lowest BCUT2D eigenvalue weighted by molar-refractivity contribution is -0.121. The minimum absolute atomic E-state index is 0.00992. The number of hydrogen-bond acceptors (Lipinski definition) is 4. The molecule has 7 heteroatoms. The average Bonchev–Trinajstić information content (AvgIpc) is 3.13. The van der Waals surface area contributed by atoms with Crippen molar-refractivity contribution in [3.63, 3.8) is 0 Å². The highest BCUT2D eigenvalue weighted by molar-refractivity contribution is 5.76. The van der Waals surface area contributed by atoms with Crippen LogP contribution >= 0.6 is 0 Å². The first-order valence-corrected chi connectivity index (χ1v) is 8.02. The summed E-state index contributed by atoms with van der Waals surface area (Å²) in [7, 11) is 0. The van der Waals surface area contributed by atoms with Gasteiger partial charge in [-0.15, -0.1) is 0 Å². The van der Waals surface area contributed by atoms with Crippen molar-refractivity contribution in [2.45, 2.75) is 65.1 Å². The summed E-state index contributed by atoms with van der Waals surface area (Å²) in [6.07, 6.45) is 3.97. The van der Waals surface area contributed by atoms with Crippen molar-refractivity contribution in [3.05, 3.63) is 22.4 Å². The molecule has 2 heterocycles. The van der Waals surface area contributed by atoms with Gasteiger partial charge in [-0.1, -0.05) is 0 Å². The number of fused-ring (bicyclic) bond motifs is 1. The van der Waals surface area contributed by atoms with Crippen LogP contribution in [0.25, 0.3) is 11.0 Å². The van der Waals surface area contributed by atoms with Gasteiger partial charge in [0.25, 0.3) is 5.56 Å². The molecule has 124 valence electrons. The number of nitrogens with zero attached hydrogens (tertiary/aromatic N) is 4. The first-order valence-electron chi connectivity index (χ1n) is 8.02. The van der Waals surface area contributed by atoms with Crippen LogP contribution < -0.4 is 10.9 Å². The minimum Gasteiger partial charge on any atom is -0.353 e. The standard InChI is InChI=1S/C16H23N5O2/c1-10-18-14-12(9-17-21(14)16(2,3)4)15(23)20(10)8-7-13(22)19-11-5-6-11/h9,11H,5-8H2,1-4H3,(H,19,22). The molecule has 0 atom stereocenters. The van der Waals surface area contributed by atoms with Crippen LogP contribution in [0.4, 0.5) is 0 Å². The lowest BCUT2D eigenvalue weighted by Crippen LogP contribution is -2.30. The Bertz CT molecular complexity index is 808. The number of rotatable bonds is 4. The first-order chi connectivity index (χ1) is 10.8. The zero-order valence-electron chi connectivity index (χ0n) is 14.1. The maximum Gasteiger partial charge on any atom is 0.264 e. The fraction of sp³-hybridized carbons (Fsp3) is 0.625. The Morgan fingerprint density at radius 1 is 1.39 bits per heavy atom. The molecule has 1 aliphatic carbocycles. The molecular weight excluding hydrogens is 294 g/mol. The minimum atomic E-state index is -0.246. The second-order valence-corrected chi connectivity index (χ2v) is 7.17. The molecular formula is C16H23N5O2. The van der Waals surface area contributed by atoms with Gasteiger partial charge in [-0.05, 0) is 40.5 Å². The van der Waals surface area contributed by atoms with Gasteiger partial charge in [0.1, 0.15) is 11.2 Å². The van der Waals surface area contributed by atoms with Crippen LogP contribution in [-0.4, -0.2) is 31.3 Å². The number of aryl methyl sites for hydroxylation is 1. The number of carbonyl (C=O) groups excluding carboxylic acids is 1. The van der Waals surface area contributed by atoms with Crippen LogP contribution in [0.15, 0.2) is 11.0 Å². The van der Waals surface area contributed by atoms with Gasteiger partial charge >= 0.3 is 0 Å². The molecule has 23 heavy (non-hydrogen) atoms. The van der Waals surface area contributed by atoms with Crippen LogP contribution in [0.3, 0.4) is 0 Å². The number of nitrogens with one attached hydrogen (secondary N) is 1. The topological polar surface area (TPSA) is 81.8 Å². The third-order valence-electron chi connectivity index (χ3n) is 4.02. The van der Waals surface area contributed by atoms with Crippen LogP contribution in [0, 0.1) is 6.92 Å². The lowest BCUT2D eigenvalue weighted by Gasteiger charge is -2.20. The zero-order chi connectivity index (χ0) is 16.8. The molecule has 0 aromatic carbocycles. The van der Waals surface area contributed by atoms with Crippen molar-refractivity contribution in [2.24, 2.45) is 0 Å². The van der Waals surface area contributed by atoms with E-state index in [1.165, 1.54) is 0 Å². The molecule has 1 N–H and O–H groups in total. The molecule has 0 saturated heterocycles. The monoisotopic (exact) mass is 317 g/mol. The number of carbonyl (C=O) groups is 1. The second-order valence-electron chi connectivity index (χ2n) is 7.17. The summed E-state index contributed by atoms with van der Waals surface area (Å²) in [5, 5.41) is 7.74. The summed E-state index contributed by atoms with van der Waals surface area (Å²) in [5.41, 5.74) is 0.213. The molecule has 0 bridgehead atoms. The first kappa shape index (κ1) is 15.7. The third-order valence-corrected chi connectivity index (χ3v) is 4.02. The molecule has 1 amide bonds. The summed E-state index contributed by atoms with van der Waals surface area (Å²) < 4.78 is 3.32. The van der Waals surface area contributed by atoms with Crippen molar-refractivity contribution < 1.29 is 4.79 Å². The summed E-state index contributed by atoms with van der Waals surface area (Å²) in [6.45, 7) is 8.19. The van der Waals surface area contributed by atoms with Gasteiger partial charge in [0.15, 0.2) is 5.65 Å². The van der Waals surface area contributed by atoms with E-state index in [2.05, 4.69) is 15.4 Å². The summed E-state index contributed by atoms with van der Waals surface area (Å²) in [5.74, 6) is 0.594. The normalized spacial score (nSPS) is 15.1. The van der Waals surface area contributed by atoms with E-state index in [0.29, 0.717) is 29.4 Å². The Kier molecular flexibility index (Phi) is 3.74. The highest BCUT2D eigenvalue weighted by Gasteiger charge is 2.24. The highest BCUT2D eigenvalue weighted by atomic mass is 16.2. The van der Waals surface area contributed by atoms with E-state index in [4.69, 9.17) is 0 Å². The molecule has 1 fully saturated rings. The van der Waals surface area contributed by atoms with Gasteiger partial charge < -0.3 is 5.32 Å². The van der Waals surface area contributed by atoms with Crippen molar-refractivity contribution in [2.75, 3.05) is 0 Å². The maximum atomic E-state index is 12.7. The van der Waals surface area contributed by atoms with Crippen LogP contribution in [0.2, 0.25) is 0 Å². The molecule has 0 spiro atoms. The number of hydrogen-bond donors (Lipinski definition) is 1. The van der Waals surface area contributed by atoms with Gasteiger partial charge in [-0.2, -0.15) is 5.10 Å². The largest absolute Gasteiger partial charge is 0.353 e. The van der Waals surface area contributed by atoms with Gasteiger partial charge in [0.2, 0.25) is 5.91 Å². The predicted octanol–water partition coefficient (Wildman–Crippen LogP) is 1.33. The van der Waals surface area contributed by atoms with E-state index in [-0.39, 0.29) is 23.4 Å².